The Kier molecular flexibility index (Phi) is 4.18. The molecule has 2 aliphatic rings. The molecule has 0 unspecified atom stereocenters. The van der Waals surface area contributed by atoms with Gasteiger partial charge in [0.2, 0.25) is 5.95 Å². The second-order valence-corrected chi connectivity index (χ2v) is 9.24. The molecule has 4 N–H and O–H groups in total. The number of nitrogens with zero attached hydrogens (tertiary/aromatic N) is 6. The second kappa shape index (κ2) is 6.57. The Bertz CT molecular complexity index is 1180. The molecule has 0 spiro atoms. The van der Waals surface area contributed by atoms with Gasteiger partial charge in [0.25, 0.3) is 0 Å². The number of fused-ring (bicyclic) bond motifs is 3. The minimum Gasteiger partial charge on any atom is -0.368 e. The number of anilines is 1. The summed E-state index contributed by atoms with van der Waals surface area (Å²) in [4.78, 5) is 18.9. The summed E-state index contributed by atoms with van der Waals surface area (Å²) in [7, 11) is 0. The Hall–Kier alpha value is -2.87. The van der Waals surface area contributed by atoms with Crippen LogP contribution in [0, 0.1) is 6.92 Å². The van der Waals surface area contributed by atoms with E-state index in [1.54, 1.807) is 4.52 Å². The van der Waals surface area contributed by atoms with Crippen molar-refractivity contribution in [3.05, 3.63) is 46.4 Å². The predicted octanol–water partition coefficient (Wildman–Crippen LogP) is 3.01. The molecule has 0 bridgehead atoms. The monoisotopic (exact) mass is 404 g/mol. The molecule has 30 heavy (non-hydrogen) atoms. The van der Waals surface area contributed by atoms with Gasteiger partial charge < -0.3 is 11.5 Å². The minimum absolute atomic E-state index is 0.303. The highest BCUT2D eigenvalue weighted by molar-refractivity contribution is 5.72. The van der Waals surface area contributed by atoms with Crippen molar-refractivity contribution in [1.29, 1.82) is 0 Å². The van der Waals surface area contributed by atoms with Gasteiger partial charge >= 0.3 is 0 Å². The average Bonchev–Trinajstić information content (AvgIpc) is 3.08. The molecule has 0 amide bonds. The summed E-state index contributed by atoms with van der Waals surface area (Å²) >= 11 is 0. The fourth-order valence-electron chi connectivity index (χ4n) is 4.53. The van der Waals surface area contributed by atoms with Crippen molar-refractivity contribution in [3.63, 3.8) is 0 Å². The van der Waals surface area contributed by atoms with Crippen LogP contribution in [0.25, 0.3) is 11.2 Å². The highest BCUT2D eigenvalue weighted by Gasteiger charge is 2.37. The van der Waals surface area contributed by atoms with Gasteiger partial charge in [-0.05, 0) is 59.0 Å². The largest absolute Gasteiger partial charge is 0.368 e. The Labute approximate surface area is 175 Å². The van der Waals surface area contributed by atoms with Crippen molar-refractivity contribution in [2.24, 2.45) is 5.73 Å². The van der Waals surface area contributed by atoms with E-state index in [2.05, 4.69) is 18.0 Å². The Morgan fingerprint density at radius 2 is 1.87 bits per heavy atom. The summed E-state index contributed by atoms with van der Waals surface area (Å²) in [6.45, 7) is 7.99. The third-order valence-electron chi connectivity index (χ3n) is 6.38. The Balaban J connectivity index is 1.40. The smallest absolute Gasteiger partial charge is 0.223 e. The van der Waals surface area contributed by atoms with E-state index < -0.39 is 5.54 Å². The quantitative estimate of drug-likeness (QED) is 0.688. The van der Waals surface area contributed by atoms with Gasteiger partial charge in [0.05, 0.1) is 34.5 Å². The minimum atomic E-state index is -0.487. The molecule has 5 rings (SSSR count). The van der Waals surface area contributed by atoms with Crippen molar-refractivity contribution < 1.29 is 0 Å². The van der Waals surface area contributed by atoms with E-state index in [1.807, 2.05) is 27.0 Å². The predicted molar refractivity (Wildman–Crippen MR) is 116 cm³/mol. The lowest BCUT2D eigenvalue weighted by atomic mass is 9.72. The van der Waals surface area contributed by atoms with Gasteiger partial charge in [0.1, 0.15) is 0 Å². The van der Waals surface area contributed by atoms with Crippen molar-refractivity contribution in [2.75, 3.05) is 5.73 Å². The number of aryl methyl sites for hydroxylation is 2. The molecule has 156 valence electrons. The molecular formula is C22H28N8. The zero-order valence-corrected chi connectivity index (χ0v) is 18.0. The molecule has 0 aromatic carbocycles. The molecule has 3 heterocycles. The Morgan fingerprint density at radius 1 is 1.10 bits per heavy atom. The number of nitrogens with two attached hydrogens (primary N) is 2. The lowest BCUT2D eigenvalue weighted by Gasteiger charge is -2.33. The molecule has 1 fully saturated rings. The van der Waals surface area contributed by atoms with Gasteiger partial charge in [-0.1, -0.05) is 6.08 Å². The first kappa shape index (κ1) is 19.1. The topological polar surface area (TPSA) is 121 Å². The molecule has 0 radical (unpaired) electrons. The van der Waals surface area contributed by atoms with E-state index in [9.17, 15) is 0 Å². The van der Waals surface area contributed by atoms with Gasteiger partial charge in [-0.2, -0.15) is 4.52 Å². The van der Waals surface area contributed by atoms with Gasteiger partial charge in [-0.25, -0.2) is 9.97 Å². The number of aromatic nitrogens is 6. The van der Waals surface area contributed by atoms with E-state index >= 15 is 0 Å². The molecule has 3 aromatic rings. The molecule has 2 aliphatic carbocycles. The number of allylic oxidation sites excluding steroid dienone is 2. The van der Waals surface area contributed by atoms with Gasteiger partial charge in [-0.15, -0.1) is 5.10 Å². The zero-order valence-electron chi connectivity index (χ0n) is 18.0. The molecule has 0 atom stereocenters. The number of nitrogen functional groups attached to an aromatic ring is 1. The number of hydrogen-bond donors (Lipinski definition) is 2. The maximum atomic E-state index is 6.20. The highest BCUT2D eigenvalue weighted by Crippen LogP contribution is 2.47. The summed E-state index contributed by atoms with van der Waals surface area (Å²) < 4.78 is 1.71. The van der Waals surface area contributed by atoms with Crippen LogP contribution in [0.5, 0.6) is 0 Å². The molecular weight excluding hydrogens is 376 g/mol. The van der Waals surface area contributed by atoms with Gasteiger partial charge in [-0.3, -0.25) is 9.97 Å². The molecule has 3 aromatic heterocycles. The van der Waals surface area contributed by atoms with Crippen LogP contribution in [0.15, 0.2) is 12.3 Å². The van der Waals surface area contributed by atoms with Crippen molar-refractivity contribution in [1.82, 2.24) is 29.5 Å². The molecule has 1 saturated carbocycles. The van der Waals surface area contributed by atoms with Gasteiger partial charge in [0, 0.05) is 17.4 Å². The van der Waals surface area contributed by atoms with Crippen LogP contribution < -0.4 is 11.5 Å². The van der Waals surface area contributed by atoms with E-state index in [1.165, 1.54) is 0 Å². The lowest BCUT2D eigenvalue weighted by molar-refractivity contribution is 0.329. The van der Waals surface area contributed by atoms with Crippen LogP contribution in [-0.4, -0.2) is 29.5 Å². The maximum Gasteiger partial charge on any atom is 0.223 e. The van der Waals surface area contributed by atoms with Gasteiger partial charge in [0.15, 0.2) is 11.5 Å². The fraction of sp³-hybridized carbons (Fsp3) is 0.500. The Morgan fingerprint density at radius 3 is 2.57 bits per heavy atom. The van der Waals surface area contributed by atoms with Crippen LogP contribution in [0.3, 0.4) is 0 Å². The first-order chi connectivity index (χ1) is 14.2. The third-order valence-corrected chi connectivity index (χ3v) is 6.38. The van der Waals surface area contributed by atoms with E-state index in [-0.39, 0.29) is 0 Å². The first-order valence-electron chi connectivity index (χ1n) is 10.6. The SMILES string of the molecule is CC1=CCCc2c1nc(N)n1nc(C3CC(c4ncc(C(C)(C)N)nc4C)C3)nc21. The molecule has 0 aliphatic heterocycles. The zero-order chi connectivity index (χ0) is 21.2. The van der Waals surface area contributed by atoms with Crippen LogP contribution in [0.4, 0.5) is 5.95 Å². The van der Waals surface area contributed by atoms with Crippen molar-refractivity contribution in [3.8, 4) is 0 Å². The number of hydrogen-bond acceptors (Lipinski definition) is 7. The maximum absolute atomic E-state index is 6.20. The average molecular weight is 405 g/mol. The summed E-state index contributed by atoms with van der Waals surface area (Å²) in [5.41, 5.74) is 18.8. The van der Waals surface area contributed by atoms with Crippen LogP contribution in [0.1, 0.15) is 86.0 Å². The summed E-state index contributed by atoms with van der Waals surface area (Å²) in [6.07, 6.45) is 7.88. The van der Waals surface area contributed by atoms with Crippen LogP contribution >= 0.6 is 0 Å². The molecule has 8 nitrogen and oxygen atoms in total. The molecule has 8 heteroatoms. The summed E-state index contributed by atoms with van der Waals surface area (Å²) in [6, 6.07) is 0. The van der Waals surface area contributed by atoms with E-state index in [0.717, 1.165) is 71.1 Å². The second-order valence-electron chi connectivity index (χ2n) is 9.24. The van der Waals surface area contributed by atoms with E-state index in [4.69, 9.17) is 31.5 Å². The van der Waals surface area contributed by atoms with E-state index in [0.29, 0.717) is 17.8 Å². The standard InChI is InChI=1S/C22H28N8/c1-11-6-5-7-15-17(11)27-21(23)30-20(15)28-19(29-30)14-8-13(9-14)18-12(2)26-16(10-25-18)22(3,4)24/h6,10,13-14H,5,7-9,24H2,1-4H3,(H2,23,27). The number of rotatable bonds is 3. The fourth-order valence-corrected chi connectivity index (χ4v) is 4.53. The molecule has 0 saturated heterocycles. The van der Waals surface area contributed by atoms with Crippen LogP contribution in [0.2, 0.25) is 0 Å². The summed E-state index contributed by atoms with van der Waals surface area (Å²) in [5, 5.41) is 4.71. The lowest BCUT2D eigenvalue weighted by Crippen LogP contribution is -2.31. The first-order valence-corrected chi connectivity index (χ1v) is 10.6. The third kappa shape index (κ3) is 2.98. The van der Waals surface area contributed by atoms with Crippen LogP contribution in [-0.2, 0) is 12.0 Å². The highest BCUT2D eigenvalue weighted by atomic mass is 15.4. The normalized spacial score (nSPS) is 21.3. The van der Waals surface area contributed by atoms with Crippen molar-refractivity contribution >= 4 is 17.2 Å². The van der Waals surface area contributed by atoms with Crippen molar-refractivity contribution in [2.45, 2.75) is 70.8 Å². The summed E-state index contributed by atoms with van der Waals surface area (Å²) in [5.74, 6) is 1.93.